The maximum atomic E-state index is 14.1. The predicted molar refractivity (Wildman–Crippen MR) is 118 cm³/mol. The van der Waals surface area contributed by atoms with Gasteiger partial charge in [0, 0.05) is 24.6 Å². The number of carbonyl (C=O) groups excluding carboxylic acids is 1. The lowest BCUT2D eigenvalue weighted by Crippen LogP contribution is -2.72. The lowest BCUT2D eigenvalue weighted by Gasteiger charge is -2.59. The number of piperazine rings is 1. The van der Waals surface area contributed by atoms with E-state index in [0.29, 0.717) is 18.7 Å². The molecule has 164 valence electrons. The molecule has 0 bridgehead atoms. The van der Waals surface area contributed by atoms with Crippen LogP contribution in [0.5, 0.6) is 0 Å². The molecule has 1 amide bonds. The molecule has 3 atom stereocenters. The van der Waals surface area contributed by atoms with E-state index in [-0.39, 0.29) is 48.7 Å². The average Bonchev–Trinajstić information content (AvgIpc) is 2.78. The van der Waals surface area contributed by atoms with Crippen molar-refractivity contribution in [3.63, 3.8) is 0 Å². The highest BCUT2D eigenvalue weighted by Gasteiger charge is 2.53. The van der Waals surface area contributed by atoms with Crippen LogP contribution >= 0.6 is 0 Å². The van der Waals surface area contributed by atoms with Crippen molar-refractivity contribution in [3.8, 4) is 11.1 Å². The second-order valence-corrected chi connectivity index (χ2v) is 8.54. The van der Waals surface area contributed by atoms with Gasteiger partial charge in [0.05, 0.1) is 25.2 Å². The van der Waals surface area contributed by atoms with E-state index in [9.17, 15) is 18.7 Å². The maximum absolute atomic E-state index is 14.1. The average molecular weight is 434 g/mol. The lowest BCUT2D eigenvalue weighted by molar-refractivity contribution is -0.162. The van der Waals surface area contributed by atoms with Crippen LogP contribution in [0.4, 0.5) is 8.78 Å². The van der Waals surface area contributed by atoms with Gasteiger partial charge in [0.1, 0.15) is 11.6 Å². The molecule has 0 aliphatic carbocycles. The van der Waals surface area contributed by atoms with Crippen molar-refractivity contribution in [2.45, 2.75) is 24.5 Å². The Morgan fingerprint density at radius 2 is 1.66 bits per heavy atom. The number of amides is 1. The summed E-state index contributed by atoms with van der Waals surface area (Å²) < 4.78 is 27.3. The molecular weight excluding hydrogens is 410 g/mol. The number of nitrogens with zero attached hydrogens (tertiary/aromatic N) is 2. The molecule has 0 spiro atoms. The summed E-state index contributed by atoms with van der Waals surface area (Å²) in [5, 5.41) is 9.98. The van der Waals surface area contributed by atoms with Gasteiger partial charge in [-0.2, -0.15) is 0 Å². The van der Waals surface area contributed by atoms with Gasteiger partial charge in [0.2, 0.25) is 5.91 Å². The Labute approximate surface area is 185 Å². The highest BCUT2D eigenvalue weighted by atomic mass is 19.1. The topological polar surface area (TPSA) is 43.8 Å². The number of carbonyl (C=O) groups is 1. The molecule has 32 heavy (non-hydrogen) atoms. The van der Waals surface area contributed by atoms with Crippen molar-refractivity contribution in [2.24, 2.45) is 0 Å². The normalized spacial score (nSPS) is 23.0. The number of rotatable bonds is 5. The van der Waals surface area contributed by atoms with Gasteiger partial charge in [-0.3, -0.25) is 9.69 Å². The van der Waals surface area contributed by atoms with E-state index in [0.717, 1.165) is 16.7 Å². The van der Waals surface area contributed by atoms with Crippen LogP contribution in [-0.4, -0.2) is 52.6 Å². The number of aliphatic hydroxyl groups is 1. The first-order valence-electron chi connectivity index (χ1n) is 10.8. The molecule has 0 saturated carbocycles. The number of benzene rings is 3. The van der Waals surface area contributed by atoms with Crippen molar-refractivity contribution < 1.29 is 18.7 Å². The Morgan fingerprint density at radius 3 is 2.34 bits per heavy atom. The second kappa shape index (κ2) is 8.45. The van der Waals surface area contributed by atoms with E-state index in [4.69, 9.17) is 0 Å². The van der Waals surface area contributed by atoms with Crippen molar-refractivity contribution in [3.05, 3.63) is 95.6 Å². The Kier molecular flexibility index (Phi) is 5.49. The van der Waals surface area contributed by atoms with Crippen LogP contribution in [0.1, 0.15) is 17.0 Å². The highest BCUT2D eigenvalue weighted by molar-refractivity contribution is 5.81. The molecule has 6 heteroatoms. The fourth-order valence-corrected chi connectivity index (χ4v) is 5.11. The molecule has 2 aliphatic heterocycles. The first-order valence-corrected chi connectivity index (χ1v) is 10.8. The molecule has 2 aliphatic rings. The number of hydrogen-bond acceptors (Lipinski definition) is 3. The van der Waals surface area contributed by atoms with Gasteiger partial charge in [-0.25, -0.2) is 8.78 Å². The third-order valence-corrected chi connectivity index (χ3v) is 6.62. The summed E-state index contributed by atoms with van der Waals surface area (Å²) in [4.78, 5) is 16.7. The summed E-state index contributed by atoms with van der Waals surface area (Å²) >= 11 is 0. The zero-order chi connectivity index (χ0) is 22.2. The first-order chi connectivity index (χ1) is 15.5. The van der Waals surface area contributed by atoms with E-state index in [1.807, 2.05) is 24.3 Å². The first kappa shape index (κ1) is 20.8. The number of halogens is 2. The van der Waals surface area contributed by atoms with Gasteiger partial charge in [-0.1, -0.05) is 54.6 Å². The fraction of sp³-hybridized carbons (Fsp3) is 0.269. The van der Waals surface area contributed by atoms with Gasteiger partial charge in [-0.05, 0) is 34.9 Å². The minimum Gasteiger partial charge on any atom is -0.394 e. The van der Waals surface area contributed by atoms with Gasteiger partial charge >= 0.3 is 0 Å². The summed E-state index contributed by atoms with van der Waals surface area (Å²) in [6.45, 7) is 1.43. The van der Waals surface area contributed by atoms with Crippen LogP contribution in [0.2, 0.25) is 0 Å². The standard InChI is InChI=1S/C26H24F2N2O2/c27-20-11-5-17(6-12-20)13-29-14-23-26(24(16-31)30(23)25(32)15-29)19-9-7-18(8-10-19)21-3-1-2-4-22(21)28/h1-12,23-24,26,31H,13-16H2/t23-,24-,26-/m0/s1. The van der Waals surface area contributed by atoms with E-state index in [2.05, 4.69) is 4.90 Å². The van der Waals surface area contributed by atoms with Crippen molar-refractivity contribution in [1.82, 2.24) is 9.80 Å². The quantitative estimate of drug-likeness (QED) is 0.664. The van der Waals surface area contributed by atoms with Crippen LogP contribution in [0.15, 0.2) is 72.8 Å². The van der Waals surface area contributed by atoms with Crippen molar-refractivity contribution >= 4 is 5.91 Å². The zero-order valence-electron chi connectivity index (χ0n) is 17.5. The van der Waals surface area contributed by atoms with Crippen molar-refractivity contribution in [1.29, 1.82) is 0 Å². The fourth-order valence-electron chi connectivity index (χ4n) is 5.11. The summed E-state index contributed by atoms with van der Waals surface area (Å²) in [6.07, 6.45) is 0. The SMILES string of the molecule is O=C1CN(Cc2ccc(F)cc2)C[C@H]2[C@H](c3ccc(-c4ccccc4F)cc3)[C@H](CO)N12. The molecule has 5 rings (SSSR count). The van der Waals surface area contributed by atoms with E-state index in [1.54, 1.807) is 35.2 Å². The minimum atomic E-state index is -0.279. The Morgan fingerprint density at radius 1 is 0.938 bits per heavy atom. The van der Waals surface area contributed by atoms with Crippen LogP contribution in [0, 0.1) is 11.6 Å². The van der Waals surface area contributed by atoms with Crippen LogP contribution < -0.4 is 0 Å². The monoisotopic (exact) mass is 434 g/mol. The van der Waals surface area contributed by atoms with Gasteiger partial charge in [0.15, 0.2) is 0 Å². The lowest BCUT2D eigenvalue weighted by atomic mass is 9.73. The largest absolute Gasteiger partial charge is 0.394 e. The predicted octanol–water partition coefficient (Wildman–Crippen LogP) is 3.80. The zero-order valence-corrected chi connectivity index (χ0v) is 17.5. The summed E-state index contributed by atoms with van der Waals surface area (Å²) in [5.74, 6) is -0.535. The van der Waals surface area contributed by atoms with Crippen LogP contribution in [0.25, 0.3) is 11.1 Å². The summed E-state index contributed by atoms with van der Waals surface area (Å²) in [6, 6.07) is 20.4. The highest BCUT2D eigenvalue weighted by Crippen LogP contribution is 2.43. The molecule has 0 unspecified atom stereocenters. The summed E-state index contributed by atoms with van der Waals surface area (Å²) in [7, 11) is 0. The maximum Gasteiger partial charge on any atom is 0.237 e. The van der Waals surface area contributed by atoms with E-state index < -0.39 is 0 Å². The summed E-state index contributed by atoms with van der Waals surface area (Å²) in [5.41, 5.74) is 3.32. The molecule has 2 fully saturated rings. The third-order valence-electron chi connectivity index (χ3n) is 6.62. The van der Waals surface area contributed by atoms with Crippen molar-refractivity contribution in [2.75, 3.05) is 19.7 Å². The molecule has 4 nitrogen and oxygen atoms in total. The van der Waals surface area contributed by atoms with Gasteiger partial charge in [-0.15, -0.1) is 0 Å². The molecule has 2 saturated heterocycles. The molecule has 0 radical (unpaired) electrons. The Bertz CT molecular complexity index is 1120. The number of fused-ring (bicyclic) bond motifs is 1. The molecule has 3 aromatic rings. The van der Waals surface area contributed by atoms with Crippen LogP contribution in [-0.2, 0) is 11.3 Å². The molecule has 2 heterocycles. The molecular formula is C26H24F2N2O2. The van der Waals surface area contributed by atoms with E-state index >= 15 is 0 Å². The molecule has 3 aromatic carbocycles. The van der Waals surface area contributed by atoms with Gasteiger partial charge in [0.25, 0.3) is 0 Å². The molecule has 1 N–H and O–H groups in total. The number of hydrogen-bond donors (Lipinski definition) is 1. The molecule has 0 aromatic heterocycles. The smallest absolute Gasteiger partial charge is 0.237 e. The van der Waals surface area contributed by atoms with E-state index in [1.165, 1.54) is 18.2 Å². The van der Waals surface area contributed by atoms with Gasteiger partial charge < -0.3 is 10.0 Å². The minimum absolute atomic E-state index is 0.00152. The second-order valence-electron chi connectivity index (χ2n) is 8.54. The Hall–Kier alpha value is -3.09. The number of aliphatic hydroxyl groups excluding tert-OH is 1. The third kappa shape index (κ3) is 3.70. The Balaban J connectivity index is 1.36. The van der Waals surface area contributed by atoms with Crippen LogP contribution in [0.3, 0.4) is 0 Å².